The van der Waals surface area contributed by atoms with E-state index in [0.29, 0.717) is 0 Å². The number of pyridine rings is 1. The molecule has 0 bridgehead atoms. The lowest BCUT2D eigenvalue weighted by Gasteiger charge is -2.18. The molecule has 0 amide bonds. The Morgan fingerprint density at radius 2 is 2.00 bits per heavy atom. The maximum atomic E-state index is 5.45. The number of nitrogens with zero attached hydrogens (tertiary/aromatic N) is 1. The first kappa shape index (κ1) is 15.3. The van der Waals surface area contributed by atoms with E-state index in [9.17, 15) is 0 Å². The molecule has 0 spiro atoms. The van der Waals surface area contributed by atoms with Gasteiger partial charge in [-0.15, -0.1) is 0 Å². The highest BCUT2D eigenvalue weighted by atomic mass is 16.5. The van der Waals surface area contributed by atoms with Crippen molar-refractivity contribution in [2.24, 2.45) is 0 Å². The summed E-state index contributed by atoms with van der Waals surface area (Å²) >= 11 is 0. The van der Waals surface area contributed by atoms with Crippen LogP contribution in [0, 0.1) is 6.92 Å². The molecule has 112 valence electrons. The van der Waals surface area contributed by atoms with Crippen LogP contribution in [0.5, 0.6) is 11.5 Å². The third-order valence-electron chi connectivity index (χ3n) is 3.65. The van der Waals surface area contributed by atoms with Crippen molar-refractivity contribution in [3.8, 4) is 11.5 Å². The van der Waals surface area contributed by atoms with E-state index >= 15 is 0 Å². The first-order valence-corrected chi connectivity index (χ1v) is 7.00. The van der Waals surface area contributed by atoms with E-state index in [1.54, 1.807) is 14.2 Å². The minimum Gasteiger partial charge on any atom is -0.497 e. The normalized spacial score (nSPS) is 12.0. The average Bonchev–Trinajstić information content (AvgIpc) is 2.53. The molecule has 2 rings (SSSR count). The molecule has 1 aromatic heterocycles. The van der Waals surface area contributed by atoms with Crippen LogP contribution in [0.25, 0.3) is 0 Å². The number of hydrogen-bond acceptors (Lipinski definition) is 4. The van der Waals surface area contributed by atoms with Crippen LogP contribution >= 0.6 is 0 Å². The Hall–Kier alpha value is -2.07. The second-order valence-corrected chi connectivity index (χ2v) is 5.01. The minimum absolute atomic E-state index is 0.172. The van der Waals surface area contributed by atoms with Crippen molar-refractivity contribution in [3.05, 3.63) is 53.3 Å². The van der Waals surface area contributed by atoms with Crippen LogP contribution < -0.4 is 14.8 Å². The van der Waals surface area contributed by atoms with Crippen molar-refractivity contribution in [2.45, 2.75) is 26.4 Å². The van der Waals surface area contributed by atoms with Crippen LogP contribution in [0.4, 0.5) is 0 Å². The van der Waals surface area contributed by atoms with E-state index in [0.717, 1.165) is 23.6 Å². The predicted octanol–water partition coefficient (Wildman–Crippen LogP) is 3.26. The van der Waals surface area contributed by atoms with Gasteiger partial charge in [-0.3, -0.25) is 4.98 Å². The van der Waals surface area contributed by atoms with Gasteiger partial charge in [0.05, 0.1) is 14.2 Å². The van der Waals surface area contributed by atoms with Gasteiger partial charge in [-0.1, -0.05) is 6.07 Å². The summed E-state index contributed by atoms with van der Waals surface area (Å²) in [5.41, 5.74) is 3.56. The number of aryl methyl sites for hydroxylation is 1. The van der Waals surface area contributed by atoms with Gasteiger partial charge in [-0.2, -0.15) is 0 Å². The van der Waals surface area contributed by atoms with Gasteiger partial charge in [0.2, 0.25) is 0 Å². The van der Waals surface area contributed by atoms with E-state index in [1.807, 2.05) is 36.7 Å². The van der Waals surface area contributed by atoms with Gasteiger partial charge in [0.15, 0.2) is 0 Å². The summed E-state index contributed by atoms with van der Waals surface area (Å²) in [6.45, 7) is 4.99. The molecule has 0 aliphatic heterocycles. The molecule has 0 aliphatic rings. The van der Waals surface area contributed by atoms with Crippen LogP contribution in [0.15, 0.2) is 36.7 Å². The molecule has 2 aromatic rings. The Morgan fingerprint density at radius 1 is 1.19 bits per heavy atom. The molecule has 0 fully saturated rings. The summed E-state index contributed by atoms with van der Waals surface area (Å²) in [7, 11) is 3.33. The molecule has 1 aromatic carbocycles. The van der Waals surface area contributed by atoms with Crippen LogP contribution in [-0.4, -0.2) is 19.2 Å². The molecule has 1 unspecified atom stereocenters. The van der Waals surface area contributed by atoms with Gasteiger partial charge in [0.25, 0.3) is 0 Å². The molecule has 1 heterocycles. The maximum absolute atomic E-state index is 5.45. The standard InChI is InChI=1S/C17H22N2O2/c1-12-7-8-18-10-14(12)11-19-13(2)16-6-5-15(20-3)9-17(16)21-4/h5-10,13,19H,11H2,1-4H3. The van der Waals surface area contributed by atoms with Gasteiger partial charge in [-0.25, -0.2) is 0 Å². The fourth-order valence-corrected chi connectivity index (χ4v) is 2.23. The monoisotopic (exact) mass is 286 g/mol. The molecule has 1 atom stereocenters. The molecular formula is C17H22N2O2. The maximum Gasteiger partial charge on any atom is 0.127 e. The molecule has 21 heavy (non-hydrogen) atoms. The van der Waals surface area contributed by atoms with Gasteiger partial charge in [-0.05, 0) is 37.1 Å². The molecule has 1 N–H and O–H groups in total. The Labute approximate surface area is 126 Å². The van der Waals surface area contributed by atoms with E-state index in [2.05, 4.69) is 24.1 Å². The molecule has 0 saturated carbocycles. The first-order chi connectivity index (χ1) is 10.2. The van der Waals surface area contributed by atoms with E-state index in [4.69, 9.17) is 9.47 Å². The number of ether oxygens (including phenoxy) is 2. The van der Waals surface area contributed by atoms with Gasteiger partial charge < -0.3 is 14.8 Å². The van der Waals surface area contributed by atoms with Gasteiger partial charge >= 0.3 is 0 Å². The van der Waals surface area contributed by atoms with Crippen molar-refractivity contribution < 1.29 is 9.47 Å². The molecule has 0 saturated heterocycles. The highest BCUT2D eigenvalue weighted by Crippen LogP contribution is 2.29. The zero-order valence-corrected chi connectivity index (χ0v) is 13.0. The largest absolute Gasteiger partial charge is 0.497 e. The molecular weight excluding hydrogens is 264 g/mol. The number of benzene rings is 1. The van der Waals surface area contributed by atoms with Crippen LogP contribution in [0.1, 0.15) is 29.7 Å². The average molecular weight is 286 g/mol. The highest BCUT2D eigenvalue weighted by molar-refractivity contribution is 5.42. The summed E-state index contributed by atoms with van der Waals surface area (Å²) in [6.07, 6.45) is 3.72. The Balaban J connectivity index is 2.10. The lowest BCUT2D eigenvalue weighted by molar-refractivity contribution is 0.385. The minimum atomic E-state index is 0.172. The number of methoxy groups -OCH3 is 2. The van der Waals surface area contributed by atoms with Crippen molar-refractivity contribution >= 4 is 0 Å². The third-order valence-corrected chi connectivity index (χ3v) is 3.65. The van der Waals surface area contributed by atoms with Gasteiger partial charge in [0, 0.05) is 36.6 Å². The number of nitrogens with one attached hydrogen (secondary N) is 1. The lowest BCUT2D eigenvalue weighted by Crippen LogP contribution is -2.19. The molecule has 0 aliphatic carbocycles. The summed E-state index contributed by atoms with van der Waals surface area (Å²) < 4.78 is 10.7. The lowest BCUT2D eigenvalue weighted by atomic mass is 10.1. The second kappa shape index (κ2) is 7.09. The van der Waals surface area contributed by atoms with E-state index in [1.165, 1.54) is 11.1 Å². The van der Waals surface area contributed by atoms with Crippen LogP contribution in [-0.2, 0) is 6.54 Å². The number of hydrogen-bond donors (Lipinski definition) is 1. The molecule has 0 radical (unpaired) electrons. The highest BCUT2D eigenvalue weighted by Gasteiger charge is 2.12. The summed E-state index contributed by atoms with van der Waals surface area (Å²) in [5, 5.41) is 3.51. The fourth-order valence-electron chi connectivity index (χ4n) is 2.23. The fraction of sp³-hybridized carbons (Fsp3) is 0.353. The predicted molar refractivity (Wildman–Crippen MR) is 83.8 cm³/mol. The van der Waals surface area contributed by atoms with Crippen molar-refractivity contribution in [1.82, 2.24) is 10.3 Å². The third kappa shape index (κ3) is 3.73. The topological polar surface area (TPSA) is 43.4 Å². The Bertz CT molecular complexity index is 599. The smallest absolute Gasteiger partial charge is 0.127 e. The van der Waals surface area contributed by atoms with Crippen molar-refractivity contribution in [3.63, 3.8) is 0 Å². The SMILES string of the molecule is COc1ccc(C(C)NCc2cnccc2C)c(OC)c1. The van der Waals surface area contributed by atoms with Crippen molar-refractivity contribution in [2.75, 3.05) is 14.2 Å². The summed E-state index contributed by atoms with van der Waals surface area (Å²) in [6, 6.07) is 8.08. The van der Waals surface area contributed by atoms with Crippen LogP contribution in [0.2, 0.25) is 0 Å². The first-order valence-electron chi connectivity index (χ1n) is 7.00. The summed E-state index contributed by atoms with van der Waals surface area (Å²) in [5.74, 6) is 1.63. The zero-order chi connectivity index (χ0) is 15.2. The van der Waals surface area contributed by atoms with E-state index in [-0.39, 0.29) is 6.04 Å². The van der Waals surface area contributed by atoms with Crippen LogP contribution in [0.3, 0.4) is 0 Å². The quantitative estimate of drug-likeness (QED) is 0.885. The summed E-state index contributed by atoms with van der Waals surface area (Å²) in [4.78, 5) is 4.17. The van der Waals surface area contributed by atoms with E-state index < -0.39 is 0 Å². The van der Waals surface area contributed by atoms with Gasteiger partial charge in [0.1, 0.15) is 11.5 Å². The zero-order valence-electron chi connectivity index (χ0n) is 13.0. The molecule has 4 heteroatoms. The number of rotatable bonds is 6. The Morgan fingerprint density at radius 3 is 2.67 bits per heavy atom. The number of aromatic nitrogens is 1. The molecule has 4 nitrogen and oxygen atoms in total. The Kier molecular flexibility index (Phi) is 5.17. The van der Waals surface area contributed by atoms with Crippen molar-refractivity contribution in [1.29, 1.82) is 0 Å². The second-order valence-electron chi connectivity index (χ2n) is 5.01.